The Kier molecular flexibility index (Phi) is 12.2. The maximum atomic E-state index is 14.0. The Labute approximate surface area is 365 Å². The molecule has 10 aromatic rings. The van der Waals surface area contributed by atoms with Gasteiger partial charge in [0.25, 0.3) is 0 Å². The molecule has 0 saturated heterocycles. The minimum absolute atomic E-state index is 0.210. The monoisotopic (exact) mass is 916 g/mol. The summed E-state index contributed by atoms with van der Waals surface area (Å²) in [6.45, 7) is 3.87. The number of halogens is 5. The summed E-state index contributed by atoms with van der Waals surface area (Å²) in [4.78, 5) is 39.8. The molecule has 0 bridgehead atoms. The lowest BCUT2D eigenvalue weighted by Crippen LogP contribution is -2.11. The second-order valence-corrected chi connectivity index (χ2v) is 15.3. The highest BCUT2D eigenvalue weighted by Crippen LogP contribution is 2.35. The Morgan fingerprint density at radius 2 is 1.13 bits per heavy atom. The van der Waals surface area contributed by atoms with Crippen LogP contribution in [0.25, 0.3) is 66.6 Å². The van der Waals surface area contributed by atoms with Crippen molar-refractivity contribution in [1.82, 2.24) is 49.8 Å². The molecule has 0 aliphatic rings. The predicted molar refractivity (Wildman–Crippen MR) is 240 cm³/mol. The number of nitrogens with one attached hydrogen (secondary N) is 3. The van der Waals surface area contributed by atoms with Crippen LogP contribution in [0.5, 0.6) is 0 Å². The van der Waals surface area contributed by atoms with Gasteiger partial charge in [-0.05, 0) is 96.0 Å². The van der Waals surface area contributed by atoms with Gasteiger partial charge in [-0.25, -0.2) is 48.7 Å². The van der Waals surface area contributed by atoms with Gasteiger partial charge in [-0.3, -0.25) is 0 Å². The van der Waals surface area contributed by atoms with Crippen molar-refractivity contribution >= 4 is 89.1 Å². The van der Waals surface area contributed by atoms with E-state index in [1.165, 1.54) is 36.9 Å². The first-order valence-corrected chi connectivity index (χ1v) is 20.2. The number of H-pyrrole nitrogens is 2. The topological polar surface area (TPSA) is 173 Å². The molecule has 5 N–H and O–H groups in total. The summed E-state index contributed by atoms with van der Waals surface area (Å²) in [6, 6.07) is 27.4. The summed E-state index contributed by atoms with van der Waals surface area (Å²) in [5, 5.41) is 6.32. The first-order valence-electron chi connectivity index (χ1n) is 18.7. The molecular formula is C44H33BrCl2F2N12. The molecule has 0 radical (unpaired) electrons. The molecule has 0 saturated carbocycles. The van der Waals surface area contributed by atoms with Crippen LogP contribution in [0.1, 0.15) is 37.1 Å². The standard InChI is InChI=1S/C22H16ClFN6.C17H14ClFN2.C5H3BrN4/c1-12(29-22-20-21(26-10-25-20)27-11-28-22)15-9-16-17(23)6-3-7-18(16)30-19(15)13-4-2-5-14(24)8-13;1-10(20)13-9-14-15(18)6-3-7-16(14)21-17(13)11-4-2-5-12(19)8-11;6-4-3-5(9-1-7-3)10-2-8-4/h2-12H,1H3,(H2,25,26,27,28,29);2-10H,20H2,1H3;1-2H,(H,7,8,9,10). The molecule has 17 heteroatoms. The third kappa shape index (κ3) is 9.00. The van der Waals surface area contributed by atoms with Gasteiger partial charge in [0.05, 0.1) is 41.1 Å². The van der Waals surface area contributed by atoms with Crippen molar-refractivity contribution in [1.29, 1.82) is 0 Å². The highest BCUT2D eigenvalue weighted by molar-refractivity contribution is 9.10. The molecule has 0 spiro atoms. The molecule has 0 aliphatic carbocycles. The normalized spacial score (nSPS) is 12.1. The van der Waals surface area contributed by atoms with Gasteiger partial charge in [-0.15, -0.1) is 0 Å². The molecule has 10 rings (SSSR count). The first-order chi connectivity index (χ1) is 29.5. The summed E-state index contributed by atoms with van der Waals surface area (Å²) in [5.41, 5.74) is 14.9. The van der Waals surface area contributed by atoms with E-state index < -0.39 is 0 Å². The summed E-state index contributed by atoms with van der Waals surface area (Å²) in [6.07, 6.45) is 6.09. The lowest BCUT2D eigenvalue weighted by Gasteiger charge is -2.19. The van der Waals surface area contributed by atoms with Crippen LogP contribution in [0, 0.1) is 11.6 Å². The van der Waals surface area contributed by atoms with Crippen molar-refractivity contribution in [2.45, 2.75) is 25.9 Å². The highest BCUT2D eigenvalue weighted by Gasteiger charge is 2.19. The second kappa shape index (κ2) is 18.0. The van der Waals surface area contributed by atoms with Crippen molar-refractivity contribution < 1.29 is 8.78 Å². The zero-order chi connectivity index (χ0) is 42.6. The van der Waals surface area contributed by atoms with E-state index in [1.807, 2.05) is 74.5 Å². The molecule has 0 amide bonds. The summed E-state index contributed by atoms with van der Waals surface area (Å²) < 4.78 is 28.2. The maximum absolute atomic E-state index is 14.0. The molecule has 12 nitrogen and oxygen atoms in total. The SMILES string of the molecule is Brc1ncnc2nc[nH]c12.CC(N)c1cc2c(Cl)cccc2nc1-c1cccc(F)c1.CC(Nc1ncnc2nc[nH]c12)c1cc2c(Cl)cccc2nc1-c1cccc(F)c1. The van der Waals surface area contributed by atoms with Crippen LogP contribution in [0.3, 0.4) is 0 Å². The van der Waals surface area contributed by atoms with Crippen molar-refractivity contribution in [3.63, 3.8) is 0 Å². The molecular weight excluding hydrogens is 885 g/mol. The van der Waals surface area contributed by atoms with E-state index in [-0.39, 0.29) is 23.7 Å². The number of anilines is 1. The van der Waals surface area contributed by atoms with Crippen LogP contribution >= 0.6 is 39.1 Å². The van der Waals surface area contributed by atoms with Gasteiger partial charge in [0.15, 0.2) is 17.1 Å². The number of benzene rings is 4. The Morgan fingerprint density at radius 1 is 0.623 bits per heavy atom. The minimum Gasteiger partial charge on any atom is -0.362 e. The number of hydrogen-bond acceptors (Lipinski definition) is 10. The van der Waals surface area contributed by atoms with Crippen molar-refractivity contribution in [2.24, 2.45) is 5.73 Å². The summed E-state index contributed by atoms with van der Waals surface area (Å²) in [7, 11) is 0. The molecule has 4 aromatic carbocycles. The number of aromatic amines is 2. The van der Waals surface area contributed by atoms with Gasteiger partial charge >= 0.3 is 0 Å². The fourth-order valence-corrected chi connectivity index (χ4v) is 7.49. The van der Waals surface area contributed by atoms with Crippen LogP contribution in [0.2, 0.25) is 10.0 Å². The Morgan fingerprint density at radius 3 is 1.69 bits per heavy atom. The number of fused-ring (bicyclic) bond motifs is 4. The minimum atomic E-state index is -0.318. The van der Waals surface area contributed by atoms with Crippen molar-refractivity contribution in [3.05, 3.63) is 160 Å². The second-order valence-electron chi connectivity index (χ2n) is 13.7. The van der Waals surface area contributed by atoms with Crippen LogP contribution in [0.4, 0.5) is 14.6 Å². The van der Waals surface area contributed by atoms with E-state index in [4.69, 9.17) is 33.9 Å². The van der Waals surface area contributed by atoms with Gasteiger partial charge < -0.3 is 21.0 Å². The van der Waals surface area contributed by atoms with E-state index in [1.54, 1.807) is 24.8 Å². The molecule has 304 valence electrons. The fraction of sp³-hybridized carbons (Fsp3) is 0.0909. The largest absolute Gasteiger partial charge is 0.362 e. The maximum Gasteiger partial charge on any atom is 0.182 e. The van der Waals surface area contributed by atoms with Gasteiger partial charge in [0.1, 0.15) is 39.9 Å². The van der Waals surface area contributed by atoms with Gasteiger partial charge in [-0.1, -0.05) is 59.6 Å². The molecule has 0 fully saturated rings. The van der Waals surface area contributed by atoms with E-state index in [0.29, 0.717) is 55.2 Å². The van der Waals surface area contributed by atoms with Crippen LogP contribution in [-0.2, 0) is 0 Å². The molecule has 6 aromatic heterocycles. The summed E-state index contributed by atoms with van der Waals surface area (Å²) in [5.74, 6) is 0.00702. The number of pyridine rings is 2. The van der Waals surface area contributed by atoms with E-state index in [2.05, 4.69) is 66.1 Å². The number of imidazole rings is 2. The lowest BCUT2D eigenvalue weighted by atomic mass is 9.98. The number of hydrogen-bond donors (Lipinski definition) is 4. The summed E-state index contributed by atoms with van der Waals surface area (Å²) >= 11 is 15.9. The number of nitrogens with zero attached hydrogens (tertiary/aromatic N) is 8. The number of rotatable bonds is 6. The lowest BCUT2D eigenvalue weighted by molar-refractivity contribution is 0.628. The van der Waals surface area contributed by atoms with Crippen LogP contribution in [0.15, 0.2) is 127 Å². The molecule has 61 heavy (non-hydrogen) atoms. The average Bonchev–Trinajstić information content (AvgIpc) is 3.96. The Balaban J connectivity index is 0.000000143. The highest BCUT2D eigenvalue weighted by atomic mass is 79.9. The smallest absolute Gasteiger partial charge is 0.182 e. The third-order valence-electron chi connectivity index (χ3n) is 9.58. The average molecular weight is 919 g/mol. The zero-order valence-corrected chi connectivity index (χ0v) is 35.3. The van der Waals surface area contributed by atoms with E-state index in [9.17, 15) is 8.78 Å². The van der Waals surface area contributed by atoms with Gasteiger partial charge in [-0.2, -0.15) is 0 Å². The molecule has 2 atom stereocenters. The number of aromatic nitrogens is 10. The Hall–Kier alpha value is -6.52. The van der Waals surface area contributed by atoms with Crippen LogP contribution < -0.4 is 11.1 Å². The molecule has 6 heterocycles. The van der Waals surface area contributed by atoms with Crippen molar-refractivity contribution in [3.8, 4) is 22.5 Å². The van der Waals surface area contributed by atoms with Gasteiger partial charge in [0.2, 0.25) is 0 Å². The molecule has 0 aliphatic heterocycles. The van der Waals surface area contributed by atoms with Gasteiger partial charge in [0, 0.05) is 43.5 Å². The van der Waals surface area contributed by atoms with Crippen LogP contribution in [-0.4, -0.2) is 49.8 Å². The molecule has 2 unspecified atom stereocenters. The quantitative estimate of drug-likeness (QED) is 0.118. The first kappa shape index (κ1) is 41.2. The van der Waals surface area contributed by atoms with E-state index >= 15 is 0 Å². The predicted octanol–water partition coefficient (Wildman–Crippen LogP) is 11.4. The fourth-order valence-electron chi connectivity index (χ4n) is 6.65. The third-order valence-corrected chi connectivity index (χ3v) is 10.8. The zero-order valence-electron chi connectivity index (χ0n) is 32.2. The van der Waals surface area contributed by atoms with Crippen molar-refractivity contribution in [2.75, 3.05) is 5.32 Å². The van der Waals surface area contributed by atoms with E-state index in [0.717, 1.165) is 43.1 Å². The number of nitrogens with two attached hydrogens (primary N) is 1. The Bertz CT molecular complexity index is 3180.